The Hall–Kier alpha value is -0.700. The van der Waals surface area contributed by atoms with Crippen molar-refractivity contribution < 1.29 is 17.9 Å². The number of amides is 1. The summed E-state index contributed by atoms with van der Waals surface area (Å²) in [5.41, 5.74) is 5.33. The first-order valence-corrected chi connectivity index (χ1v) is 9.06. The third-order valence-corrected chi connectivity index (χ3v) is 5.97. The lowest BCUT2D eigenvalue weighted by Crippen LogP contribution is -2.55. The Morgan fingerprint density at radius 1 is 1.43 bits per heavy atom. The normalized spacial score (nSPS) is 31.6. The first-order valence-electron chi connectivity index (χ1n) is 7.41. The van der Waals surface area contributed by atoms with Crippen LogP contribution in [0.3, 0.4) is 0 Å². The monoisotopic (exact) mass is 319 g/mol. The maximum atomic E-state index is 12.6. The van der Waals surface area contributed by atoms with E-state index in [0.717, 1.165) is 0 Å². The second-order valence-electron chi connectivity index (χ2n) is 6.13. The first-order chi connectivity index (χ1) is 9.78. The van der Waals surface area contributed by atoms with Crippen LogP contribution in [0.25, 0.3) is 0 Å². The molecule has 2 saturated heterocycles. The number of sulfonamides is 1. The highest BCUT2D eigenvalue weighted by Gasteiger charge is 2.46. The first kappa shape index (κ1) is 16.7. The number of nitrogens with zero attached hydrogens (tertiary/aromatic N) is 1. The molecule has 2 aliphatic heterocycles. The molecule has 7 nitrogen and oxygen atoms in total. The van der Waals surface area contributed by atoms with Gasteiger partial charge in [-0.25, -0.2) is 13.1 Å². The number of likely N-dealkylation sites (tertiary alicyclic amines) is 1. The lowest BCUT2D eigenvalue weighted by Gasteiger charge is -2.37. The standard InChI is InChI=1S/C13H25N3O4S/c1-3-21(18,19)15-10-4-6-16(7-5-10)12(17)13(2)9-20-8-11(13)14/h10-11,15H,3-9,14H2,1-2H3. The van der Waals surface area contributed by atoms with E-state index in [1.807, 2.05) is 6.92 Å². The van der Waals surface area contributed by atoms with Gasteiger partial charge in [0.05, 0.1) is 24.4 Å². The van der Waals surface area contributed by atoms with Crippen molar-refractivity contribution in [1.29, 1.82) is 0 Å². The van der Waals surface area contributed by atoms with Crippen LogP contribution in [0.4, 0.5) is 0 Å². The number of piperidine rings is 1. The Labute approximate surface area is 126 Å². The topological polar surface area (TPSA) is 102 Å². The van der Waals surface area contributed by atoms with Crippen molar-refractivity contribution in [3.05, 3.63) is 0 Å². The van der Waals surface area contributed by atoms with E-state index in [1.54, 1.807) is 11.8 Å². The number of carbonyl (C=O) groups excluding carboxylic acids is 1. The molecule has 2 atom stereocenters. The quantitative estimate of drug-likeness (QED) is 0.712. The molecule has 0 saturated carbocycles. The maximum absolute atomic E-state index is 12.6. The fourth-order valence-electron chi connectivity index (χ4n) is 2.81. The third-order valence-electron chi connectivity index (χ3n) is 4.51. The van der Waals surface area contributed by atoms with Gasteiger partial charge in [-0.05, 0) is 26.7 Å². The van der Waals surface area contributed by atoms with Crippen molar-refractivity contribution in [2.75, 3.05) is 32.1 Å². The molecule has 0 aromatic carbocycles. The van der Waals surface area contributed by atoms with Crippen LogP contribution in [-0.4, -0.2) is 63.4 Å². The molecule has 2 aliphatic rings. The smallest absolute Gasteiger partial charge is 0.232 e. The predicted molar refractivity (Wildman–Crippen MR) is 79.1 cm³/mol. The number of hydrogen-bond acceptors (Lipinski definition) is 5. The predicted octanol–water partition coefficient (Wildman–Crippen LogP) is -0.719. The van der Waals surface area contributed by atoms with Gasteiger partial charge in [0.15, 0.2) is 0 Å². The lowest BCUT2D eigenvalue weighted by molar-refractivity contribution is -0.142. The summed E-state index contributed by atoms with van der Waals surface area (Å²) < 4.78 is 31.1. The minimum Gasteiger partial charge on any atom is -0.379 e. The van der Waals surface area contributed by atoms with Gasteiger partial charge in [0, 0.05) is 25.2 Å². The van der Waals surface area contributed by atoms with Gasteiger partial charge in [-0.2, -0.15) is 0 Å². The number of rotatable bonds is 4. The molecule has 0 aromatic heterocycles. The average molecular weight is 319 g/mol. The second-order valence-corrected chi connectivity index (χ2v) is 8.17. The Bertz CT molecular complexity index is 488. The van der Waals surface area contributed by atoms with Crippen LogP contribution in [0.15, 0.2) is 0 Å². The average Bonchev–Trinajstić information content (AvgIpc) is 2.79. The SMILES string of the molecule is CCS(=O)(=O)NC1CCN(C(=O)C2(C)COCC2N)CC1. The molecule has 21 heavy (non-hydrogen) atoms. The van der Waals surface area contributed by atoms with E-state index in [4.69, 9.17) is 10.5 Å². The van der Waals surface area contributed by atoms with Crippen LogP contribution in [-0.2, 0) is 19.6 Å². The van der Waals surface area contributed by atoms with Gasteiger partial charge >= 0.3 is 0 Å². The second kappa shape index (κ2) is 6.20. The maximum Gasteiger partial charge on any atom is 0.232 e. The highest BCUT2D eigenvalue weighted by atomic mass is 32.2. The molecular formula is C13H25N3O4S. The minimum absolute atomic E-state index is 0.0179. The summed E-state index contributed by atoms with van der Waals surface area (Å²) in [6.07, 6.45) is 1.27. The Morgan fingerprint density at radius 2 is 2.05 bits per heavy atom. The van der Waals surface area contributed by atoms with Crippen LogP contribution in [0.2, 0.25) is 0 Å². The van der Waals surface area contributed by atoms with E-state index < -0.39 is 15.4 Å². The number of nitrogens with two attached hydrogens (primary N) is 1. The summed E-state index contributed by atoms with van der Waals surface area (Å²) in [5.74, 6) is 0.0976. The molecule has 8 heteroatoms. The van der Waals surface area contributed by atoms with Crippen LogP contribution in [0.5, 0.6) is 0 Å². The Kier molecular flexibility index (Phi) is 4.92. The van der Waals surface area contributed by atoms with E-state index in [9.17, 15) is 13.2 Å². The summed E-state index contributed by atoms with van der Waals surface area (Å²) in [4.78, 5) is 14.4. The van der Waals surface area contributed by atoms with Crippen molar-refractivity contribution in [2.45, 2.75) is 38.8 Å². The van der Waals surface area contributed by atoms with Gasteiger partial charge in [-0.15, -0.1) is 0 Å². The fraction of sp³-hybridized carbons (Fsp3) is 0.923. The van der Waals surface area contributed by atoms with Gasteiger partial charge < -0.3 is 15.4 Å². The van der Waals surface area contributed by atoms with Gasteiger partial charge in [0.25, 0.3) is 0 Å². The molecular weight excluding hydrogens is 294 g/mol. The Balaban J connectivity index is 1.91. The molecule has 0 aromatic rings. The molecule has 0 aliphatic carbocycles. The van der Waals surface area contributed by atoms with Crippen LogP contribution < -0.4 is 10.5 Å². The molecule has 2 unspecified atom stereocenters. The molecule has 2 rings (SSSR count). The summed E-state index contributed by atoms with van der Waals surface area (Å²) in [6.45, 7) is 5.34. The van der Waals surface area contributed by atoms with Gasteiger partial charge in [0.2, 0.25) is 15.9 Å². The Morgan fingerprint density at radius 3 is 2.52 bits per heavy atom. The lowest BCUT2D eigenvalue weighted by atomic mass is 9.83. The van der Waals surface area contributed by atoms with E-state index in [2.05, 4.69) is 4.72 Å². The zero-order valence-electron chi connectivity index (χ0n) is 12.7. The highest BCUT2D eigenvalue weighted by Crippen LogP contribution is 2.30. The van der Waals surface area contributed by atoms with Gasteiger partial charge in [-0.3, -0.25) is 4.79 Å². The zero-order valence-corrected chi connectivity index (χ0v) is 13.5. The van der Waals surface area contributed by atoms with Gasteiger partial charge in [-0.1, -0.05) is 0 Å². The minimum atomic E-state index is -3.19. The van der Waals surface area contributed by atoms with Crippen LogP contribution in [0.1, 0.15) is 26.7 Å². The molecule has 2 heterocycles. The molecule has 3 N–H and O–H groups in total. The highest BCUT2D eigenvalue weighted by molar-refractivity contribution is 7.89. The summed E-state index contributed by atoms with van der Waals surface area (Å²) in [7, 11) is -3.19. The molecule has 0 radical (unpaired) electrons. The largest absolute Gasteiger partial charge is 0.379 e. The molecule has 2 fully saturated rings. The van der Waals surface area contributed by atoms with Crippen molar-refractivity contribution >= 4 is 15.9 Å². The van der Waals surface area contributed by atoms with Crippen LogP contribution in [0, 0.1) is 5.41 Å². The van der Waals surface area contributed by atoms with Crippen molar-refractivity contribution in [2.24, 2.45) is 11.1 Å². The zero-order chi connectivity index (χ0) is 15.7. The number of carbonyl (C=O) groups is 1. The van der Waals surface area contributed by atoms with Crippen LogP contribution >= 0.6 is 0 Å². The molecule has 0 spiro atoms. The summed E-state index contributed by atoms with van der Waals surface area (Å²) >= 11 is 0. The van der Waals surface area contributed by atoms with E-state index in [0.29, 0.717) is 39.1 Å². The fourth-order valence-corrected chi connectivity index (χ4v) is 3.72. The van der Waals surface area contributed by atoms with E-state index >= 15 is 0 Å². The molecule has 0 bridgehead atoms. The molecule has 122 valence electrons. The van der Waals surface area contributed by atoms with Crippen molar-refractivity contribution in [1.82, 2.24) is 9.62 Å². The number of ether oxygens (including phenoxy) is 1. The van der Waals surface area contributed by atoms with Crippen molar-refractivity contribution in [3.8, 4) is 0 Å². The van der Waals surface area contributed by atoms with E-state index in [1.165, 1.54) is 0 Å². The number of nitrogens with one attached hydrogen (secondary N) is 1. The summed E-state index contributed by atoms with van der Waals surface area (Å²) in [6, 6.07) is -0.360. The molecule has 1 amide bonds. The van der Waals surface area contributed by atoms with Crippen molar-refractivity contribution in [3.63, 3.8) is 0 Å². The van der Waals surface area contributed by atoms with E-state index in [-0.39, 0.29) is 23.7 Å². The third kappa shape index (κ3) is 3.56. The van der Waals surface area contributed by atoms with Gasteiger partial charge in [0.1, 0.15) is 0 Å². The summed E-state index contributed by atoms with van der Waals surface area (Å²) in [5, 5.41) is 0. The number of hydrogen-bond donors (Lipinski definition) is 2.